The molecule has 90 valence electrons. The van der Waals surface area contributed by atoms with Gasteiger partial charge in [0.1, 0.15) is 0 Å². The summed E-state index contributed by atoms with van der Waals surface area (Å²) in [6, 6.07) is 1.59. The molecule has 5 heteroatoms. The molecule has 0 aliphatic carbocycles. The number of aliphatic hydroxyl groups is 1. The predicted molar refractivity (Wildman–Crippen MR) is 56.8 cm³/mol. The summed E-state index contributed by atoms with van der Waals surface area (Å²) in [5.41, 5.74) is 0.542. The molecule has 0 bridgehead atoms. The third-order valence-corrected chi connectivity index (χ3v) is 2.23. The zero-order valence-corrected chi connectivity index (χ0v) is 9.54. The molecule has 0 spiro atoms. The van der Waals surface area contributed by atoms with Crippen LogP contribution in [0.15, 0.2) is 6.07 Å². The van der Waals surface area contributed by atoms with Crippen LogP contribution >= 0.6 is 0 Å². The topological polar surface area (TPSA) is 47.9 Å². The van der Waals surface area contributed by atoms with E-state index in [-0.39, 0.29) is 23.9 Å². The summed E-state index contributed by atoms with van der Waals surface area (Å²) < 4.78 is 28.7. The van der Waals surface area contributed by atoms with Crippen LogP contribution in [0.2, 0.25) is 0 Å². The second-order valence-electron chi connectivity index (χ2n) is 3.09. The number of halogens is 1. The molecule has 4 nitrogen and oxygen atoms in total. The van der Waals surface area contributed by atoms with Crippen LogP contribution in [0.5, 0.6) is 17.2 Å². The maximum Gasteiger partial charge on any atom is 0.210 e. The molecule has 0 heterocycles. The highest BCUT2D eigenvalue weighted by atomic mass is 19.1. The Morgan fingerprint density at radius 3 is 2.19 bits per heavy atom. The second kappa shape index (κ2) is 5.55. The summed E-state index contributed by atoms with van der Waals surface area (Å²) in [6.45, 7) is -0.0920. The Labute approximate surface area is 93.6 Å². The summed E-state index contributed by atoms with van der Waals surface area (Å²) in [5, 5.41) is 8.87. The summed E-state index contributed by atoms with van der Waals surface area (Å²) in [5.74, 6) is -0.259. The van der Waals surface area contributed by atoms with Crippen molar-refractivity contribution in [2.45, 2.75) is 6.42 Å². The normalized spacial score (nSPS) is 10.1. The summed E-state index contributed by atoms with van der Waals surface area (Å²) in [4.78, 5) is 0. The van der Waals surface area contributed by atoms with E-state index >= 15 is 0 Å². The first-order valence-electron chi connectivity index (χ1n) is 4.77. The first-order valence-corrected chi connectivity index (χ1v) is 4.77. The number of methoxy groups -OCH3 is 3. The van der Waals surface area contributed by atoms with Gasteiger partial charge in [0.15, 0.2) is 11.5 Å². The molecule has 1 N–H and O–H groups in total. The Balaban J connectivity index is 3.35. The van der Waals surface area contributed by atoms with Crippen LogP contribution in [0.25, 0.3) is 0 Å². The Morgan fingerprint density at radius 2 is 1.75 bits per heavy atom. The van der Waals surface area contributed by atoms with Gasteiger partial charge in [0.25, 0.3) is 0 Å². The van der Waals surface area contributed by atoms with Crippen molar-refractivity contribution < 1.29 is 23.7 Å². The van der Waals surface area contributed by atoms with Gasteiger partial charge >= 0.3 is 0 Å². The molecule has 0 aromatic heterocycles. The molecular weight excluding hydrogens is 215 g/mol. The zero-order chi connectivity index (χ0) is 12.1. The zero-order valence-electron chi connectivity index (χ0n) is 9.54. The molecule has 1 rings (SSSR count). The van der Waals surface area contributed by atoms with Crippen molar-refractivity contribution in [3.63, 3.8) is 0 Å². The van der Waals surface area contributed by atoms with Crippen molar-refractivity contribution in [3.05, 3.63) is 17.4 Å². The lowest BCUT2D eigenvalue weighted by atomic mass is 10.1. The number of hydrogen-bond donors (Lipinski definition) is 1. The molecule has 0 amide bonds. The molecule has 0 radical (unpaired) electrons. The third kappa shape index (κ3) is 2.19. The van der Waals surface area contributed by atoms with Crippen LogP contribution in [0.1, 0.15) is 5.56 Å². The van der Waals surface area contributed by atoms with Crippen molar-refractivity contribution in [2.75, 3.05) is 27.9 Å². The van der Waals surface area contributed by atoms with Gasteiger partial charge in [-0.1, -0.05) is 0 Å². The van der Waals surface area contributed by atoms with Gasteiger partial charge in [0.2, 0.25) is 11.6 Å². The van der Waals surface area contributed by atoms with Gasteiger partial charge in [-0.15, -0.1) is 0 Å². The highest BCUT2D eigenvalue weighted by Gasteiger charge is 2.20. The van der Waals surface area contributed by atoms with E-state index in [1.807, 2.05) is 0 Å². The quantitative estimate of drug-likeness (QED) is 0.830. The lowest BCUT2D eigenvalue weighted by Crippen LogP contribution is -2.02. The minimum Gasteiger partial charge on any atom is -0.493 e. The molecule has 0 aliphatic rings. The van der Waals surface area contributed by atoms with E-state index in [1.165, 1.54) is 21.3 Å². The summed E-state index contributed by atoms with van der Waals surface area (Å²) in [7, 11) is 4.14. The lowest BCUT2D eigenvalue weighted by Gasteiger charge is -2.14. The molecular formula is C11H15FO4. The molecule has 16 heavy (non-hydrogen) atoms. The van der Waals surface area contributed by atoms with Gasteiger partial charge in [-0.3, -0.25) is 0 Å². The fourth-order valence-electron chi connectivity index (χ4n) is 1.51. The van der Waals surface area contributed by atoms with E-state index in [2.05, 4.69) is 0 Å². The highest BCUT2D eigenvalue weighted by Crippen LogP contribution is 2.38. The van der Waals surface area contributed by atoms with E-state index in [0.29, 0.717) is 12.0 Å². The van der Waals surface area contributed by atoms with Crippen molar-refractivity contribution in [1.29, 1.82) is 0 Å². The highest BCUT2D eigenvalue weighted by molar-refractivity contribution is 5.52. The molecule has 0 aliphatic heterocycles. The fraction of sp³-hybridized carbons (Fsp3) is 0.455. The largest absolute Gasteiger partial charge is 0.493 e. The minimum absolute atomic E-state index is 0.000963. The first kappa shape index (κ1) is 12.6. The van der Waals surface area contributed by atoms with Crippen LogP contribution < -0.4 is 14.2 Å². The number of hydrogen-bond acceptors (Lipinski definition) is 4. The van der Waals surface area contributed by atoms with Crippen LogP contribution in [0, 0.1) is 5.82 Å². The molecule has 0 fully saturated rings. The molecule has 1 aromatic carbocycles. The molecule has 0 unspecified atom stereocenters. The van der Waals surface area contributed by atoms with E-state index in [4.69, 9.17) is 19.3 Å². The predicted octanol–water partition coefficient (Wildman–Crippen LogP) is 1.39. The Kier molecular flexibility index (Phi) is 4.37. The van der Waals surface area contributed by atoms with Gasteiger partial charge in [-0.25, -0.2) is 0 Å². The maximum absolute atomic E-state index is 13.9. The average molecular weight is 230 g/mol. The monoisotopic (exact) mass is 230 g/mol. The van der Waals surface area contributed by atoms with E-state index in [9.17, 15) is 4.39 Å². The van der Waals surface area contributed by atoms with Crippen LogP contribution in [0.4, 0.5) is 4.39 Å². The van der Waals surface area contributed by atoms with E-state index in [1.54, 1.807) is 6.07 Å². The molecule has 0 atom stereocenters. The van der Waals surface area contributed by atoms with Crippen molar-refractivity contribution >= 4 is 0 Å². The SMILES string of the molecule is COc1cc(CCO)c(OC)c(F)c1OC. The van der Waals surface area contributed by atoms with Crippen LogP contribution in [0.3, 0.4) is 0 Å². The maximum atomic E-state index is 13.9. The standard InChI is InChI=1S/C11H15FO4/c1-14-8-6-7(4-5-13)10(15-2)9(12)11(8)16-3/h6,13H,4-5H2,1-3H3. The third-order valence-electron chi connectivity index (χ3n) is 2.23. The van der Waals surface area contributed by atoms with E-state index in [0.717, 1.165) is 0 Å². The van der Waals surface area contributed by atoms with Gasteiger partial charge in [0.05, 0.1) is 21.3 Å². The van der Waals surface area contributed by atoms with Gasteiger partial charge in [0, 0.05) is 12.2 Å². The van der Waals surface area contributed by atoms with Crippen molar-refractivity contribution in [2.24, 2.45) is 0 Å². The van der Waals surface area contributed by atoms with Crippen LogP contribution in [-0.2, 0) is 6.42 Å². The summed E-state index contributed by atoms with van der Waals surface area (Å²) in [6.07, 6.45) is 0.292. The lowest BCUT2D eigenvalue weighted by molar-refractivity contribution is 0.291. The van der Waals surface area contributed by atoms with Gasteiger partial charge < -0.3 is 19.3 Å². The molecule has 0 saturated carbocycles. The first-order chi connectivity index (χ1) is 7.69. The smallest absolute Gasteiger partial charge is 0.210 e. The Hall–Kier alpha value is -1.49. The number of aliphatic hydroxyl groups excluding tert-OH is 1. The van der Waals surface area contributed by atoms with Gasteiger partial charge in [-0.2, -0.15) is 4.39 Å². The number of rotatable bonds is 5. The number of benzene rings is 1. The minimum atomic E-state index is -0.618. The number of ether oxygens (including phenoxy) is 3. The van der Waals surface area contributed by atoms with Gasteiger partial charge in [-0.05, 0) is 12.5 Å². The Bertz CT molecular complexity index is 365. The summed E-state index contributed by atoms with van der Waals surface area (Å²) >= 11 is 0. The van der Waals surface area contributed by atoms with Crippen molar-refractivity contribution in [3.8, 4) is 17.2 Å². The molecule has 1 aromatic rings. The van der Waals surface area contributed by atoms with Crippen molar-refractivity contribution in [1.82, 2.24) is 0 Å². The average Bonchev–Trinajstić information content (AvgIpc) is 2.29. The molecule has 0 saturated heterocycles. The van der Waals surface area contributed by atoms with Crippen LogP contribution in [-0.4, -0.2) is 33.0 Å². The second-order valence-corrected chi connectivity index (χ2v) is 3.09. The Morgan fingerprint density at radius 1 is 1.12 bits per heavy atom. The van der Waals surface area contributed by atoms with E-state index < -0.39 is 5.82 Å². The fourth-order valence-corrected chi connectivity index (χ4v) is 1.51.